The van der Waals surface area contributed by atoms with Crippen molar-refractivity contribution in [3.05, 3.63) is 29.3 Å². The summed E-state index contributed by atoms with van der Waals surface area (Å²) in [4.78, 5) is 13.9. The maximum absolute atomic E-state index is 12.2. The molecule has 0 aromatic heterocycles. The molecule has 0 aliphatic rings. The number of nitrogens with two attached hydrogens (primary N) is 1. The van der Waals surface area contributed by atoms with Gasteiger partial charge in [0.25, 0.3) is 5.91 Å². The number of carbonyl (C=O) groups is 1. The van der Waals surface area contributed by atoms with Gasteiger partial charge < -0.3 is 15.7 Å². The van der Waals surface area contributed by atoms with Crippen LogP contribution >= 0.6 is 0 Å². The van der Waals surface area contributed by atoms with Gasteiger partial charge in [0.15, 0.2) is 0 Å². The van der Waals surface area contributed by atoms with Crippen LogP contribution in [0, 0.1) is 6.92 Å². The lowest BCUT2D eigenvalue weighted by Crippen LogP contribution is -2.32. The highest BCUT2D eigenvalue weighted by molar-refractivity contribution is 5.95. The Bertz CT molecular complexity index is 371. The molecular weight excluding hydrogens is 216 g/mol. The van der Waals surface area contributed by atoms with Crippen molar-refractivity contribution in [3.63, 3.8) is 0 Å². The Morgan fingerprint density at radius 1 is 1.41 bits per heavy atom. The molecule has 94 valence electrons. The molecule has 0 spiro atoms. The first kappa shape index (κ1) is 13.5. The van der Waals surface area contributed by atoms with Crippen LogP contribution in [0.4, 0.5) is 5.69 Å². The summed E-state index contributed by atoms with van der Waals surface area (Å²) in [6.07, 6.45) is 0.598. The van der Waals surface area contributed by atoms with E-state index in [9.17, 15) is 4.79 Å². The van der Waals surface area contributed by atoms with Gasteiger partial charge in [-0.2, -0.15) is 0 Å². The van der Waals surface area contributed by atoms with Crippen LogP contribution in [0.1, 0.15) is 29.3 Å². The van der Waals surface area contributed by atoms with E-state index < -0.39 is 0 Å². The fourth-order valence-corrected chi connectivity index (χ4v) is 1.78. The molecule has 1 aromatic rings. The lowest BCUT2D eigenvalue weighted by atomic mass is 10.1. The average molecular weight is 236 g/mol. The van der Waals surface area contributed by atoms with E-state index in [1.807, 2.05) is 26.0 Å². The number of aliphatic hydroxyl groups is 1. The van der Waals surface area contributed by atoms with Crippen LogP contribution < -0.4 is 5.73 Å². The fourth-order valence-electron chi connectivity index (χ4n) is 1.78. The van der Waals surface area contributed by atoms with Crippen molar-refractivity contribution in [1.82, 2.24) is 4.90 Å². The van der Waals surface area contributed by atoms with Crippen molar-refractivity contribution in [2.75, 3.05) is 25.4 Å². The summed E-state index contributed by atoms with van der Waals surface area (Å²) >= 11 is 0. The van der Waals surface area contributed by atoms with Crippen LogP contribution in [-0.2, 0) is 0 Å². The Balaban J connectivity index is 2.85. The van der Waals surface area contributed by atoms with Crippen molar-refractivity contribution in [1.29, 1.82) is 0 Å². The quantitative estimate of drug-likeness (QED) is 0.760. The molecule has 0 radical (unpaired) electrons. The van der Waals surface area contributed by atoms with Gasteiger partial charge in [-0.15, -0.1) is 0 Å². The predicted molar refractivity (Wildman–Crippen MR) is 68.9 cm³/mol. The van der Waals surface area contributed by atoms with Crippen molar-refractivity contribution < 1.29 is 9.90 Å². The largest absolute Gasteiger partial charge is 0.399 e. The van der Waals surface area contributed by atoms with E-state index >= 15 is 0 Å². The normalized spacial score (nSPS) is 10.3. The highest BCUT2D eigenvalue weighted by Crippen LogP contribution is 2.13. The van der Waals surface area contributed by atoms with Crippen LogP contribution in [0.15, 0.2) is 18.2 Å². The molecule has 4 nitrogen and oxygen atoms in total. The fraction of sp³-hybridized carbons (Fsp3) is 0.462. The maximum atomic E-state index is 12.2. The number of anilines is 1. The smallest absolute Gasteiger partial charge is 0.253 e. The van der Waals surface area contributed by atoms with Crippen molar-refractivity contribution in [2.45, 2.75) is 20.3 Å². The Morgan fingerprint density at radius 3 is 2.65 bits per heavy atom. The Hall–Kier alpha value is -1.55. The maximum Gasteiger partial charge on any atom is 0.253 e. The van der Waals surface area contributed by atoms with Gasteiger partial charge >= 0.3 is 0 Å². The number of amides is 1. The molecule has 0 fully saturated rings. The van der Waals surface area contributed by atoms with E-state index in [1.54, 1.807) is 11.0 Å². The third kappa shape index (κ3) is 3.75. The lowest BCUT2D eigenvalue weighted by Gasteiger charge is -2.20. The number of hydrogen-bond donors (Lipinski definition) is 2. The molecule has 0 bridgehead atoms. The summed E-state index contributed by atoms with van der Waals surface area (Å²) in [5, 5.41) is 8.79. The van der Waals surface area contributed by atoms with Gasteiger partial charge in [0.1, 0.15) is 0 Å². The van der Waals surface area contributed by atoms with Crippen LogP contribution in [0.2, 0.25) is 0 Å². The minimum absolute atomic E-state index is 0.0312. The number of hydrogen-bond acceptors (Lipinski definition) is 3. The number of nitrogens with zero attached hydrogens (tertiary/aromatic N) is 1. The third-order valence-corrected chi connectivity index (χ3v) is 2.60. The molecule has 1 rings (SSSR count). The Morgan fingerprint density at radius 2 is 2.12 bits per heavy atom. The van der Waals surface area contributed by atoms with Crippen molar-refractivity contribution in [2.24, 2.45) is 0 Å². The zero-order valence-electron chi connectivity index (χ0n) is 10.4. The average Bonchev–Trinajstić information content (AvgIpc) is 2.28. The minimum Gasteiger partial charge on any atom is -0.399 e. The summed E-state index contributed by atoms with van der Waals surface area (Å²) in [5.74, 6) is -0.0312. The van der Waals surface area contributed by atoms with Gasteiger partial charge in [-0.25, -0.2) is 0 Å². The zero-order valence-corrected chi connectivity index (χ0v) is 10.4. The number of aliphatic hydroxyl groups excluding tert-OH is 1. The van der Waals surface area contributed by atoms with Gasteiger partial charge in [-0.3, -0.25) is 4.79 Å². The second-order valence-corrected chi connectivity index (χ2v) is 4.09. The summed E-state index contributed by atoms with van der Waals surface area (Å²) in [6, 6.07) is 5.36. The zero-order chi connectivity index (χ0) is 12.8. The Labute approximate surface area is 102 Å². The lowest BCUT2D eigenvalue weighted by molar-refractivity contribution is 0.0754. The molecule has 0 saturated carbocycles. The number of rotatable bonds is 5. The summed E-state index contributed by atoms with van der Waals surface area (Å²) in [7, 11) is 0. The first-order valence-electron chi connectivity index (χ1n) is 5.85. The number of benzene rings is 1. The first-order chi connectivity index (χ1) is 8.08. The molecule has 1 amide bonds. The minimum atomic E-state index is -0.0312. The predicted octanol–water partition coefficient (Wildman–Crippen LogP) is 1.42. The highest BCUT2D eigenvalue weighted by atomic mass is 16.3. The number of carbonyl (C=O) groups excluding carboxylic acids is 1. The van der Waals surface area contributed by atoms with E-state index in [-0.39, 0.29) is 12.5 Å². The monoisotopic (exact) mass is 236 g/mol. The molecule has 0 aliphatic heterocycles. The molecular formula is C13H20N2O2. The molecule has 4 heteroatoms. The second-order valence-electron chi connectivity index (χ2n) is 4.09. The van der Waals surface area contributed by atoms with E-state index in [0.29, 0.717) is 30.8 Å². The number of aryl methyl sites for hydroxylation is 1. The summed E-state index contributed by atoms with van der Waals surface area (Å²) < 4.78 is 0. The van der Waals surface area contributed by atoms with Gasteiger partial charge in [-0.1, -0.05) is 0 Å². The van der Waals surface area contributed by atoms with E-state index in [1.165, 1.54) is 0 Å². The van der Waals surface area contributed by atoms with Gasteiger partial charge in [0.05, 0.1) is 0 Å². The first-order valence-corrected chi connectivity index (χ1v) is 5.85. The van der Waals surface area contributed by atoms with E-state index in [2.05, 4.69) is 0 Å². The number of nitrogen functional groups attached to an aromatic ring is 1. The van der Waals surface area contributed by atoms with Crippen molar-refractivity contribution in [3.8, 4) is 0 Å². The molecule has 0 aliphatic carbocycles. The summed E-state index contributed by atoms with van der Waals surface area (Å²) in [6.45, 7) is 5.14. The van der Waals surface area contributed by atoms with Gasteiger partial charge in [0.2, 0.25) is 0 Å². The van der Waals surface area contributed by atoms with Gasteiger partial charge in [0, 0.05) is 30.9 Å². The molecule has 17 heavy (non-hydrogen) atoms. The molecule has 0 unspecified atom stereocenters. The van der Waals surface area contributed by atoms with E-state index in [0.717, 1.165) is 5.56 Å². The molecule has 0 saturated heterocycles. The molecule has 3 N–H and O–H groups in total. The SMILES string of the molecule is CCN(CCCO)C(=O)c1cc(C)cc(N)c1. The summed E-state index contributed by atoms with van der Waals surface area (Å²) in [5.41, 5.74) is 7.92. The van der Waals surface area contributed by atoms with Crippen molar-refractivity contribution >= 4 is 11.6 Å². The molecule has 0 atom stereocenters. The standard InChI is InChI=1S/C13H20N2O2/c1-3-15(5-4-6-16)13(17)11-7-10(2)8-12(14)9-11/h7-9,16H,3-6,14H2,1-2H3. The topological polar surface area (TPSA) is 66.6 Å². The highest BCUT2D eigenvalue weighted by Gasteiger charge is 2.14. The second kappa shape index (κ2) is 6.25. The van der Waals surface area contributed by atoms with Crippen LogP contribution in [0.5, 0.6) is 0 Å². The molecule has 1 aromatic carbocycles. The van der Waals surface area contributed by atoms with Crippen LogP contribution in [0.25, 0.3) is 0 Å². The van der Waals surface area contributed by atoms with Gasteiger partial charge in [-0.05, 0) is 44.0 Å². The molecule has 0 heterocycles. The Kier molecular flexibility index (Phi) is 4.97. The van der Waals surface area contributed by atoms with Crippen LogP contribution in [0.3, 0.4) is 0 Å². The van der Waals surface area contributed by atoms with E-state index in [4.69, 9.17) is 10.8 Å². The third-order valence-electron chi connectivity index (χ3n) is 2.60. The van der Waals surface area contributed by atoms with Crippen LogP contribution in [-0.4, -0.2) is 35.6 Å².